The molecule has 7 atom stereocenters. The normalized spacial score (nSPS) is 19.9. The Morgan fingerprint density at radius 1 is 0.912 bits per heavy atom. The summed E-state index contributed by atoms with van der Waals surface area (Å²) in [6, 6.07) is 10.0. The highest BCUT2D eigenvalue weighted by Crippen LogP contribution is 2.39. The lowest BCUT2D eigenvalue weighted by molar-refractivity contribution is -0.158. The van der Waals surface area contributed by atoms with Crippen LogP contribution < -0.4 is 4.74 Å². The molecule has 0 bridgehead atoms. The molecule has 3 rings (SSSR count). The first kappa shape index (κ1) is 46.9. The molecule has 1 aliphatic rings. The van der Waals surface area contributed by atoms with Crippen molar-refractivity contribution in [2.24, 2.45) is 34.5 Å². The summed E-state index contributed by atoms with van der Waals surface area (Å²) in [7, 11) is 0. The smallest absolute Gasteiger partial charge is 0.313 e. The Morgan fingerprint density at radius 3 is 2.12 bits per heavy atom. The van der Waals surface area contributed by atoms with E-state index < -0.39 is 58.9 Å². The number of terminal acetylenes is 2. The number of carbonyl (C=O) groups is 3. The van der Waals surface area contributed by atoms with E-state index in [4.69, 9.17) is 27.1 Å². The Balaban J connectivity index is 1.61. The molecule has 1 saturated carbocycles. The fraction of sp³-hybridized carbons (Fsp3) is 0.574. The first-order chi connectivity index (χ1) is 26.9. The van der Waals surface area contributed by atoms with Crippen LogP contribution >= 0.6 is 0 Å². The molecule has 1 fully saturated rings. The summed E-state index contributed by atoms with van der Waals surface area (Å²) in [5.41, 5.74) is 0.349. The van der Waals surface area contributed by atoms with Crippen molar-refractivity contribution in [1.82, 2.24) is 4.98 Å². The Kier molecular flexibility index (Phi) is 18.0. The quantitative estimate of drug-likeness (QED) is 0.0512. The first-order valence-corrected chi connectivity index (χ1v) is 20.1. The number of hydrogen-bond donors (Lipinski definition) is 3. The highest BCUT2D eigenvalue weighted by molar-refractivity contribution is 5.78. The van der Waals surface area contributed by atoms with Gasteiger partial charge in [-0.15, -0.1) is 24.7 Å². The van der Waals surface area contributed by atoms with Gasteiger partial charge in [-0.25, -0.2) is 0 Å². The van der Waals surface area contributed by atoms with E-state index in [-0.39, 0.29) is 37.2 Å². The number of benzene rings is 1. The average molecular weight is 786 g/mol. The molecule has 1 aromatic heterocycles. The SMILES string of the molecule is C#CC(C)C(C)(C)C(=O)OCc1cnc(C)c(OC(=O)CCC/C=C\C[C@@H]2[C@@H](CC[C@@H](O)CCc3ccccc3)[C@H](O)C[C@@H]2O)c1COC(=O)C(C)(C)C(C)C#C. The van der Waals surface area contributed by atoms with Crippen molar-refractivity contribution in [2.45, 2.75) is 138 Å². The predicted molar refractivity (Wildman–Crippen MR) is 219 cm³/mol. The van der Waals surface area contributed by atoms with Crippen LogP contribution in [0.3, 0.4) is 0 Å². The molecule has 0 aliphatic heterocycles. The molecular formula is C47H63NO9. The molecule has 310 valence electrons. The van der Waals surface area contributed by atoms with Gasteiger partial charge in [-0.1, -0.05) is 56.3 Å². The predicted octanol–water partition coefficient (Wildman–Crippen LogP) is 7.22. The Bertz CT molecular complexity index is 1750. The summed E-state index contributed by atoms with van der Waals surface area (Å²) in [6.07, 6.45) is 19.6. The second-order valence-electron chi connectivity index (χ2n) is 16.6. The van der Waals surface area contributed by atoms with Crippen molar-refractivity contribution >= 4 is 17.9 Å². The minimum atomic E-state index is -0.995. The number of hydrogen-bond acceptors (Lipinski definition) is 10. The maximum atomic E-state index is 13.2. The molecule has 0 radical (unpaired) electrons. The van der Waals surface area contributed by atoms with Crippen LogP contribution in [-0.2, 0) is 43.5 Å². The molecule has 10 heteroatoms. The van der Waals surface area contributed by atoms with Gasteiger partial charge in [0.25, 0.3) is 0 Å². The summed E-state index contributed by atoms with van der Waals surface area (Å²) < 4.78 is 17.2. The van der Waals surface area contributed by atoms with Crippen LogP contribution in [0.25, 0.3) is 0 Å². The Hall–Kier alpha value is -4.48. The number of aliphatic hydroxyl groups is 3. The number of aliphatic hydroxyl groups excluding tert-OH is 3. The topological polar surface area (TPSA) is 152 Å². The van der Waals surface area contributed by atoms with Crippen molar-refractivity contribution < 1.29 is 43.9 Å². The number of rotatable bonds is 21. The van der Waals surface area contributed by atoms with Gasteiger partial charge in [0.2, 0.25) is 0 Å². The van der Waals surface area contributed by atoms with Crippen LogP contribution in [0.1, 0.15) is 115 Å². The van der Waals surface area contributed by atoms with Gasteiger partial charge in [-0.3, -0.25) is 19.4 Å². The molecular weight excluding hydrogens is 723 g/mol. The molecule has 3 N–H and O–H groups in total. The molecule has 1 heterocycles. The van der Waals surface area contributed by atoms with E-state index in [1.54, 1.807) is 48.5 Å². The lowest BCUT2D eigenvalue weighted by Gasteiger charge is -2.27. The minimum Gasteiger partial charge on any atom is -0.460 e. The number of unbranched alkanes of at least 4 members (excludes halogenated alkanes) is 1. The fourth-order valence-corrected chi connectivity index (χ4v) is 6.83. The molecule has 57 heavy (non-hydrogen) atoms. The maximum Gasteiger partial charge on any atom is 0.313 e. The lowest BCUT2D eigenvalue weighted by Crippen LogP contribution is -2.33. The average Bonchev–Trinajstić information content (AvgIpc) is 3.46. The molecule has 0 spiro atoms. The van der Waals surface area contributed by atoms with Crippen molar-refractivity contribution in [3.8, 4) is 30.4 Å². The van der Waals surface area contributed by atoms with E-state index >= 15 is 0 Å². The van der Waals surface area contributed by atoms with Crippen LogP contribution in [0.5, 0.6) is 5.75 Å². The van der Waals surface area contributed by atoms with E-state index in [1.807, 2.05) is 42.5 Å². The van der Waals surface area contributed by atoms with Gasteiger partial charge in [-0.2, -0.15) is 0 Å². The van der Waals surface area contributed by atoms with E-state index in [9.17, 15) is 29.7 Å². The van der Waals surface area contributed by atoms with Crippen LogP contribution in [0.2, 0.25) is 0 Å². The number of allylic oxidation sites excluding steroid dienone is 2. The van der Waals surface area contributed by atoms with Crippen molar-refractivity contribution in [3.63, 3.8) is 0 Å². The van der Waals surface area contributed by atoms with Crippen LogP contribution in [0.15, 0.2) is 48.7 Å². The molecule has 0 saturated heterocycles. The van der Waals surface area contributed by atoms with Crippen LogP contribution in [0, 0.1) is 66.1 Å². The molecule has 2 aromatic rings. The van der Waals surface area contributed by atoms with Crippen LogP contribution in [0.4, 0.5) is 0 Å². The van der Waals surface area contributed by atoms with Gasteiger partial charge in [0.1, 0.15) is 13.2 Å². The largest absolute Gasteiger partial charge is 0.460 e. The zero-order valence-corrected chi connectivity index (χ0v) is 34.8. The first-order valence-electron chi connectivity index (χ1n) is 20.1. The summed E-state index contributed by atoms with van der Waals surface area (Å²) >= 11 is 0. The third-order valence-electron chi connectivity index (χ3n) is 11.8. The van der Waals surface area contributed by atoms with Gasteiger partial charge in [0.05, 0.1) is 34.8 Å². The number of carbonyl (C=O) groups excluding carboxylic acids is 3. The van der Waals surface area contributed by atoms with E-state index in [0.29, 0.717) is 61.8 Å². The number of pyridine rings is 1. The third-order valence-corrected chi connectivity index (χ3v) is 11.8. The van der Waals surface area contributed by atoms with Gasteiger partial charge < -0.3 is 29.5 Å². The molecule has 0 amide bonds. The third kappa shape index (κ3) is 13.3. The zero-order valence-electron chi connectivity index (χ0n) is 34.8. The van der Waals surface area contributed by atoms with Gasteiger partial charge in [0, 0.05) is 35.6 Å². The lowest BCUT2D eigenvalue weighted by atomic mass is 9.80. The highest BCUT2D eigenvalue weighted by atomic mass is 16.6. The molecule has 1 aromatic carbocycles. The number of aromatic nitrogens is 1. The number of aryl methyl sites for hydroxylation is 2. The van der Waals surface area contributed by atoms with Gasteiger partial charge in [-0.05, 0) is 103 Å². The van der Waals surface area contributed by atoms with E-state index in [2.05, 4.69) is 16.8 Å². The number of nitrogens with zero attached hydrogens (tertiary/aromatic N) is 1. The van der Waals surface area contributed by atoms with Crippen molar-refractivity contribution in [2.75, 3.05) is 0 Å². The number of esters is 3. The van der Waals surface area contributed by atoms with Crippen molar-refractivity contribution in [1.29, 1.82) is 0 Å². The Morgan fingerprint density at radius 2 is 1.51 bits per heavy atom. The van der Waals surface area contributed by atoms with E-state index in [1.165, 1.54) is 11.8 Å². The van der Waals surface area contributed by atoms with Gasteiger partial charge in [0.15, 0.2) is 5.75 Å². The second kappa shape index (κ2) is 21.9. The summed E-state index contributed by atoms with van der Waals surface area (Å²) in [5.74, 6) is 2.68. The standard InChI is InChI=1S/C47H63NO9/c1-10-31(3)46(6,7)44(53)55-29-35-28-48-33(5)43(39(35)30-56-45(54)47(8,9)32(4)11-2)57-42(52)22-18-13-12-17-21-37-38(41(51)27-40(37)50)26-25-36(49)24-23-34-19-15-14-16-20-34/h1-2,12,14-17,19-20,28,31-32,36-38,40-41,49-51H,13,18,21-27,29-30H2,3-9H3/b17-12-/t31?,32?,36-,37+,38+,40-,41+/m0/s1. The minimum absolute atomic E-state index is 0.0847. The molecule has 1 aliphatic carbocycles. The van der Waals surface area contributed by atoms with Gasteiger partial charge >= 0.3 is 17.9 Å². The summed E-state index contributed by atoms with van der Waals surface area (Å²) in [5, 5.41) is 32.0. The Labute approximate surface area is 339 Å². The van der Waals surface area contributed by atoms with Crippen LogP contribution in [-0.4, -0.2) is 56.5 Å². The maximum absolute atomic E-state index is 13.2. The highest BCUT2D eigenvalue weighted by Gasteiger charge is 2.41. The monoisotopic (exact) mass is 785 g/mol. The molecule has 10 nitrogen and oxygen atoms in total. The summed E-state index contributed by atoms with van der Waals surface area (Å²) in [6.45, 7) is 11.5. The fourth-order valence-electron chi connectivity index (χ4n) is 6.83. The number of ether oxygens (including phenoxy) is 3. The summed E-state index contributed by atoms with van der Waals surface area (Å²) in [4.78, 5) is 43.8. The second-order valence-corrected chi connectivity index (χ2v) is 16.6. The van der Waals surface area contributed by atoms with Crippen molar-refractivity contribution in [3.05, 3.63) is 71.1 Å². The zero-order chi connectivity index (χ0) is 42.3. The van der Waals surface area contributed by atoms with E-state index in [0.717, 1.165) is 6.42 Å². The molecule has 2 unspecified atom stereocenters.